The molecule has 0 N–H and O–H groups in total. The van der Waals surface area contributed by atoms with Crippen molar-refractivity contribution >= 4 is 5.97 Å². The van der Waals surface area contributed by atoms with Crippen LogP contribution in [-0.4, -0.2) is 12.6 Å². The summed E-state index contributed by atoms with van der Waals surface area (Å²) in [5.41, 5.74) is 0.916. The molecule has 0 aliphatic carbocycles. The van der Waals surface area contributed by atoms with Gasteiger partial charge in [-0.15, -0.1) is 0 Å². The van der Waals surface area contributed by atoms with Crippen LogP contribution in [0.25, 0.3) is 0 Å². The first-order valence-corrected chi connectivity index (χ1v) is 6.15. The van der Waals surface area contributed by atoms with E-state index < -0.39 is 0 Å². The molecule has 0 atom stereocenters. The van der Waals surface area contributed by atoms with Gasteiger partial charge in [-0.2, -0.15) is 0 Å². The first-order chi connectivity index (χ1) is 7.33. The molecule has 0 amide bonds. The summed E-state index contributed by atoms with van der Waals surface area (Å²) in [7, 11) is 0. The number of rotatable bonds is 7. The number of carbonyl (C=O) groups excluding carboxylic acids is 1. The molecule has 0 aromatic heterocycles. The van der Waals surface area contributed by atoms with E-state index in [9.17, 15) is 4.79 Å². The lowest BCUT2D eigenvalue weighted by Gasteiger charge is -2.17. The molecule has 0 aliphatic heterocycles. The Labute approximate surface area is 100 Å². The van der Waals surface area contributed by atoms with Crippen LogP contribution in [0.5, 0.6) is 0 Å². The zero-order valence-electron chi connectivity index (χ0n) is 11.3. The fraction of sp³-hybridized carbons (Fsp3) is 0.786. The van der Waals surface area contributed by atoms with Gasteiger partial charge in [-0.25, -0.2) is 4.79 Å². The van der Waals surface area contributed by atoms with Crippen molar-refractivity contribution in [1.29, 1.82) is 0 Å². The van der Waals surface area contributed by atoms with E-state index in [1.807, 2.05) is 0 Å². The van der Waals surface area contributed by atoms with Crippen molar-refractivity contribution in [1.82, 2.24) is 0 Å². The van der Waals surface area contributed by atoms with Gasteiger partial charge in [0.15, 0.2) is 0 Å². The predicted molar refractivity (Wildman–Crippen MR) is 68.3 cm³/mol. The molecular weight excluding hydrogens is 200 g/mol. The normalized spacial score (nSPS) is 11.2. The van der Waals surface area contributed by atoms with E-state index in [2.05, 4.69) is 27.4 Å². The lowest BCUT2D eigenvalue weighted by atomic mass is 9.89. The predicted octanol–water partition coefficient (Wildman–Crippen LogP) is 4.10. The number of esters is 1. The van der Waals surface area contributed by atoms with Crippen LogP contribution in [0.1, 0.15) is 59.8 Å². The average molecular weight is 226 g/mol. The van der Waals surface area contributed by atoms with Crippen LogP contribution in [-0.2, 0) is 9.53 Å². The summed E-state index contributed by atoms with van der Waals surface area (Å²) in [6.07, 6.45) is 5.85. The first kappa shape index (κ1) is 15.2. The maximum Gasteiger partial charge on any atom is 0.333 e. The first-order valence-electron chi connectivity index (χ1n) is 6.15. The molecular formula is C14H26O2. The molecule has 0 radical (unpaired) electrons. The fourth-order valence-corrected chi connectivity index (χ4v) is 1.40. The summed E-state index contributed by atoms with van der Waals surface area (Å²) >= 11 is 0. The Morgan fingerprint density at radius 1 is 1.12 bits per heavy atom. The molecule has 16 heavy (non-hydrogen) atoms. The maximum atomic E-state index is 11.0. The lowest BCUT2D eigenvalue weighted by Crippen LogP contribution is -2.06. The highest BCUT2D eigenvalue weighted by Gasteiger charge is 2.08. The van der Waals surface area contributed by atoms with Gasteiger partial charge in [-0.05, 0) is 25.2 Å². The highest BCUT2D eigenvalue weighted by molar-refractivity contribution is 5.86. The number of ether oxygens (including phenoxy) is 1. The van der Waals surface area contributed by atoms with Gasteiger partial charge in [0.2, 0.25) is 0 Å². The van der Waals surface area contributed by atoms with E-state index >= 15 is 0 Å². The Morgan fingerprint density at radius 3 is 2.19 bits per heavy atom. The Hall–Kier alpha value is -0.790. The minimum absolute atomic E-state index is 0.269. The molecule has 2 heteroatoms. The van der Waals surface area contributed by atoms with Crippen molar-refractivity contribution in [2.45, 2.75) is 59.8 Å². The molecule has 0 bridgehead atoms. The van der Waals surface area contributed by atoms with Crippen LogP contribution in [0, 0.1) is 5.41 Å². The summed E-state index contributed by atoms with van der Waals surface area (Å²) in [5, 5.41) is 0. The van der Waals surface area contributed by atoms with Crippen molar-refractivity contribution in [3.05, 3.63) is 12.2 Å². The van der Waals surface area contributed by atoms with Gasteiger partial charge >= 0.3 is 5.97 Å². The summed E-state index contributed by atoms with van der Waals surface area (Å²) in [6, 6.07) is 0. The molecule has 0 saturated carbocycles. The number of carbonyl (C=O) groups is 1. The molecule has 94 valence electrons. The number of hydrogen-bond acceptors (Lipinski definition) is 2. The molecule has 0 aromatic rings. The third-order valence-electron chi connectivity index (χ3n) is 2.40. The quantitative estimate of drug-likeness (QED) is 0.371. The maximum absolute atomic E-state index is 11.0. The number of unbranched alkanes of at least 4 members (excludes halogenated alkanes) is 3. The number of hydrogen-bond donors (Lipinski definition) is 0. The van der Waals surface area contributed by atoms with Gasteiger partial charge in [0.25, 0.3) is 0 Å². The Morgan fingerprint density at radius 2 is 1.69 bits per heavy atom. The molecule has 2 nitrogen and oxygen atoms in total. The largest absolute Gasteiger partial charge is 0.462 e. The second-order valence-electron chi connectivity index (χ2n) is 5.64. The van der Waals surface area contributed by atoms with Crippen molar-refractivity contribution in [2.24, 2.45) is 5.41 Å². The van der Waals surface area contributed by atoms with Crippen LogP contribution < -0.4 is 0 Å². The monoisotopic (exact) mass is 226 g/mol. The van der Waals surface area contributed by atoms with Crippen molar-refractivity contribution < 1.29 is 9.53 Å². The average Bonchev–Trinajstić information content (AvgIpc) is 2.14. The second-order valence-corrected chi connectivity index (χ2v) is 5.64. The molecule has 0 rings (SSSR count). The Balaban J connectivity index is 3.29. The van der Waals surface area contributed by atoms with Gasteiger partial charge < -0.3 is 4.74 Å². The van der Waals surface area contributed by atoms with Crippen LogP contribution in [0.3, 0.4) is 0 Å². The molecule has 0 aliphatic rings. The van der Waals surface area contributed by atoms with Crippen molar-refractivity contribution in [3.8, 4) is 0 Å². The summed E-state index contributed by atoms with van der Waals surface area (Å²) in [6.45, 7) is 12.5. The standard InChI is InChI=1S/C14H26O2/c1-12(2)13(15)16-11-9-7-6-8-10-14(3,4)5/h1,6-11H2,2-5H3. The molecule has 0 fully saturated rings. The summed E-state index contributed by atoms with van der Waals surface area (Å²) < 4.78 is 5.01. The zero-order chi connectivity index (χ0) is 12.6. The van der Waals surface area contributed by atoms with Crippen molar-refractivity contribution in [2.75, 3.05) is 6.61 Å². The van der Waals surface area contributed by atoms with E-state index in [1.165, 1.54) is 19.3 Å². The topological polar surface area (TPSA) is 26.3 Å². The Kier molecular flexibility index (Phi) is 7.11. The van der Waals surface area contributed by atoms with Gasteiger partial charge in [0.05, 0.1) is 6.61 Å². The highest BCUT2D eigenvalue weighted by Crippen LogP contribution is 2.22. The fourth-order valence-electron chi connectivity index (χ4n) is 1.40. The van der Waals surface area contributed by atoms with Crippen LogP contribution in [0.2, 0.25) is 0 Å². The molecule has 0 saturated heterocycles. The van der Waals surface area contributed by atoms with E-state index in [-0.39, 0.29) is 5.97 Å². The van der Waals surface area contributed by atoms with Crippen molar-refractivity contribution in [3.63, 3.8) is 0 Å². The summed E-state index contributed by atoms with van der Waals surface area (Å²) in [5.74, 6) is -0.269. The van der Waals surface area contributed by atoms with E-state index in [1.54, 1.807) is 6.92 Å². The van der Waals surface area contributed by atoms with Gasteiger partial charge in [0.1, 0.15) is 0 Å². The SMILES string of the molecule is C=C(C)C(=O)OCCCCCCC(C)(C)C. The molecule has 0 spiro atoms. The van der Waals surface area contributed by atoms with Crippen LogP contribution >= 0.6 is 0 Å². The zero-order valence-corrected chi connectivity index (χ0v) is 11.3. The van der Waals surface area contributed by atoms with Gasteiger partial charge in [-0.1, -0.05) is 46.6 Å². The van der Waals surface area contributed by atoms with E-state index in [0.717, 1.165) is 12.8 Å². The van der Waals surface area contributed by atoms with Crippen LogP contribution in [0.15, 0.2) is 12.2 Å². The molecule has 0 unspecified atom stereocenters. The highest BCUT2D eigenvalue weighted by atomic mass is 16.5. The lowest BCUT2D eigenvalue weighted by molar-refractivity contribution is -0.139. The minimum Gasteiger partial charge on any atom is -0.462 e. The van der Waals surface area contributed by atoms with Crippen LogP contribution in [0.4, 0.5) is 0 Å². The minimum atomic E-state index is -0.269. The molecule has 0 heterocycles. The smallest absolute Gasteiger partial charge is 0.333 e. The molecule has 0 aromatic carbocycles. The second kappa shape index (κ2) is 7.48. The summed E-state index contributed by atoms with van der Waals surface area (Å²) in [4.78, 5) is 11.0. The third-order valence-corrected chi connectivity index (χ3v) is 2.40. The van der Waals surface area contributed by atoms with Gasteiger partial charge in [0, 0.05) is 5.57 Å². The Bertz CT molecular complexity index is 223. The third kappa shape index (κ3) is 9.75. The van der Waals surface area contributed by atoms with E-state index in [4.69, 9.17) is 4.74 Å². The van der Waals surface area contributed by atoms with Gasteiger partial charge in [-0.3, -0.25) is 0 Å². The van der Waals surface area contributed by atoms with E-state index in [0.29, 0.717) is 17.6 Å².